The molecule has 0 radical (unpaired) electrons. The van der Waals surface area contributed by atoms with Gasteiger partial charge in [-0.3, -0.25) is 0 Å². The molecule has 2 aromatic rings. The van der Waals surface area contributed by atoms with Crippen LogP contribution >= 0.6 is 47.1 Å². The molecule has 7 heteroatoms. The van der Waals surface area contributed by atoms with Gasteiger partial charge in [0, 0.05) is 30.4 Å². The van der Waals surface area contributed by atoms with Gasteiger partial charge in [-0.25, -0.2) is 9.98 Å². The lowest BCUT2D eigenvalue weighted by atomic mass is 10.1. The predicted molar refractivity (Wildman–Crippen MR) is 117 cm³/mol. The maximum Gasteiger partial charge on any atom is 0.191 e. The van der Waals surface area contributed by atoms with Gasteiger partial charge in [-0.2, -0.15) is 0 Å². The molecule has 2 N–H and O–H groups in total. The summed E-state index contributed by atoms with van der Waals surface area (Å²) in [4.78, 5) is 8.94. The molecule has 0 bridgehead atoms. The third-order valence-electron chi connectivity index (χ3n) is 3.26. The first kappa shape index (κ1) is 21.2. The van der Waals surface area contributed by atoms with E-state index in [-0.39, 0.29) is 24.0 Å². The number of halogens is 1. The maximum absolute atomic E-state index is 4.67. The minimum absolute atomic E-state index is 0. The number of thiazole rings is 1. The Balaban J connectivity index is 0.00000288. The lowest BCUT2D eigenvalue weighted by Gasteiger charge is -2.11. The van der Waals surface area contributed by atoms with Gasteiger partial charge in [-0.05, 0) is 31.4 Å². The molecule has 0 fully saturated rings. The van der Waals surface area contributed by atoms with Crippen molar-refractivity contribution in [3.63, 3.8) is 0 Å². The first-order valence-corrected chi connectivity index (χ1v) is 9.75. The summed E-state index contributed by atoms with van der Waals surface area (Å²) in [6.45, 7) is 6.70. The van der Waals surface area contributed by atoms with Crippen LogP contribution in [0.4, 0.5) is 0 Å². The van der Waals surface area contributed by atoms with E-state index in [0.29, 0.717) is 6.54 Å². The highest BCUT2D eigenvalue weighted by Gasteiger charge is 2.00. The number of nitrogens with one attached hydrogen (secondary N) is 2. The molecule has 0 aliphatic rings. The fourth-order valence-electron chi connectivity index (χ4n) is 2.01. The number of hydrogen-bond acceptors (Lipinski definition) is 4. The van der Waals surface area contributed by atoms with Gasteiger partial charge in [0.25, 0.3) is 0 Å². The zero-order valence-electron chi connectivity index (χ0n) is 14.1. The van der Waals surface area contributed by atoms with Gasteiger partial charge >= 0.3 is 0 Å². The summed E-state index contributed by atoms with van der Waals surface area (Å²) in [6.07, 6.45) is 2.94. The molecule has 2 rings (SSSR count). The third-order valence-corrected chi connectivity index (χ3v) is 5.31. The van der Waals surface area contributed by atoms with Crippen LogP contribution in [0.3, 0.4) is 0 Å². The monoisotopic (exact) mass is 476 g/mol. The molecule has 4 nitrogen and oxygen atoms in total. The van der Waals surface area contributed by atoms with Crippen molar-refractivity contribution in [2.24, 2.45) is 4.99 Å². The molecule has 0 amide bonds. The Morgan fingerprint density at radius 1 is 1.29 bits per heavy atom. The summed E-state index contributed by atoms with van der Waals surface area (Å²) in [5, 5.41) is 8.71. The zero-order valence-corrected chi connectivity index (χ0v) is 18.1. The summed E-state index contributed by atoms with van der Waals surface area (Å²) in [6, 6.07) is 8.38. The molecule has 1 aromatic heterocycles. The second kappa shape index (κ2) is 12.5. The number of thioether (sulfide) groups is 1. The van der Waals surface area contributed by atoms with Crippen LogP contribution in [0.25, 0.3) is 0 Å². The summed E-state index contributed by atoms with van der Waals surface area (Å²) in [5.74, 6) is 1.95. The van der Waals surface area contributed by atoms with Gasteiger partial charge in [0.15, 0.2) is 5.96 Å². The Kier molecular flexibility index (Phi) is 11.1. The average molecular weight is 476 g/mol. The molecular formula is C17H25IN4S2. The van der Waals surface area contributed by atoms with E-state index in [9.17, 15) is 0 Å². The van der Waals surface area contributed by atoms with Gasteiger partial charge in [0.2, 0.25) is 0 Å². The SMILES string of the molecule is CCNC(=NCc1ccccc1C)NCCCSc1nccs1.I. The van der Waals surface area contributed by atoms with Crippen LogP contribution in [-0.2, 0) is 6.54 Å². The van der Waals surface area contributed by atoms with Crippen LogP contribution in [-0.4, -0.2) is 29.8 Å². The van der Waals surface area contributed by atoms with Crippen molar-refractivity contribution in [3.05, 3.63) is 47.0 Å². The Morgan fingerprint density at radius 2 is 2.12 bits per heavy atom. The summed E-state index contributed by atoms with van der Waals surface area (Å²) >= 11 is 3.51. The lowest BCUT2D eigenvalue weighted by molar-refractivity contribution is 0.789. The molecule has 1 heterocycles. The fourth-order valence-corrected chi connectivity index (χ4v) is 3.66. The van der Waals surface area contributed by atoms with Crippen LogP contribution < -0.4 is 10.6 Å². The number of aryl methyl sites for hydroxylation is 1. The van der Waals surface area contributed by atoms with E-state index in [0.717, 1.165) is 35.6 Å². The smallest absolute Gasteiger partial charge is 0.191 e. The molecule has 0 atom stereocenters. The topological polar surface area (TPSA) is 49.3 Å². The van der Waals surface area contributed by atoms with E-state index in [1.807, 2.05) is 23.3 Å². The second-order valence-corrected chi connectivity index (χ2v) is 7.29. The Bertz CT molecular complexity index is 602. The van der Waals surface area contributed by atoms with Gasteiger partial charge in [0.1, 0.15) is 4.34 Å². The van der Waals surface area contributed by atoms with E-state index < -0.39 is 0 Å². The number of rotatable bonds is 8. The number of aromatic nitrogens is 1. The van der Waals surface area contributed by atoms with Crippen molar-refractivity contribution in [1.82, 2.24) is 15.6 Å². The van der Waals surface area contributed by atoms with Gasteiger partial charge in [-0.15, -0.1) is 35.3 Å². The standard InChI is InChI=1S/C17H24N4S2.HI/c1-3-18-16(21-13-15-8-5-4-7-14(15)2)19-9-6-11-22-17-20-10-12-23-17;/h4-5,7-8,10,12H,3,6,9,11,13H2,1-2H3,(H2,18,19,21);1H. The Hall–Kier alpha value is -0.800. The van der Waals surface area contributed by atoms with Crippen LogP contribution in [0.15, 0.2) is 45.2 Å². The van der Waals surface area contributed by atoms with Crippen molar-refractivity contribution in [3.8, 4) is 0 Å². The third kappa shape index (κ3) is 7.85. The highest BCUT2D eigenvalue weighted by molar-refractivity contribution is 14.0. The van der Waals surface area contributed by atoms with Crippen LogP contribution in [0, 0.1) is 6.92 Å². The second-order valence-electron chi connectivity index (χ2n) is 5.05. The first-order valence-electron chi connectivity index (χ1n) is 7.88. The molecule has 0 aliphatic carbocycles. The van der Waals surface area contributed by atoms with Crippen molar-refractivity contribution in [2.45, 2.75) is 31.2 Å². The molecule has 24 heavy (non-hydrogen) atoms. The molecule has 0 saturated carbocycles. The molecule has 1 aromatic carbocycles. The van der Waals surface area contributed by atoms with Crippen LogP contribution in [0.5, 0.6) is 0 Å². The Morgan fingerprint density at radius 3 is 2.83 bits per heavy atom. The minimum Gasteiger partial charge on any atom is -0.357 e. The van der Waals surface area contributed by atoms with Crippen molar-refractivity contribution >= 4 is 53.0 Å². The number of nitrogens with zero attached hydrogens (tertiary/aromatic N) is 2. The van der Waals surface area contributed by atoms with Gasteiger partial charge in [0.05, 0.1) is 6.54 Å². The zero-order chi connectivity index (χ0) is 16.3. The van der Waals surface area contributed by atoms with Gasteiger partial charge in [-0.1, -0.05) is 36.0 Å². The van der Waals surface area contributed by atoms with E-state index in [1.165, 1.54) is 11.1 Å². The van der Waals surface area contributed by atoms with E-state index in [2.05, 4.69) is 58.7 Å². The highest BCUT2D eigenvalue weighted by atomic mass is 127. The largest absolute Gasteiger partial charge is 0.357 e. The number of benzene rings is 1. The molecule has 0 saturated heterocycles. The number of hydrogen-bond donors (Lipinski definition) is 2. The maximum atomic E-state index is 4.67. The minimum atomic E-state index is 0. The van der Waals surface area contributed by atoms with Crippen molar-refractivity contribution in [1.29, 1.82) is 0 Å². The summed E-state index contributed by atoms with van der Waals surface area (Å²) in [7, 11) is 0. The summed E-state index contributed by atoms with van der Waals surface area (Å²) < 4.78 is 1.14. The van der Waals surface area contributed by atoms with Crippen molar-refractivity contribution in [2.75, 3.05) is 18.8 Å². The predicted octanol–water partition coefficient (Wildman–Crippen LogP) is 4.31. The average Bonchev–Trinajstić information content (AvgIpc) is 3.07. The first-order chi connectivity index (χ1) is 11.3. The molecule has 0 aliphatic heterocycles. The summed E-state index contributed by atoms with van der Waals surface area (Å²) in [5.41, 5.74) is 2.55. The molecule has 0 spiro atoms. The quantitative estimate of drug-likeness (QED) is 0.196. The van der Waals surface area contributed by atoms with E-state index >= 15 is 0 Å². The molecular weight excluding hydrogens is 451 g/mol. The Labute approximate surface area is 170 Å². The lowest BCUT2D eigenvalue weighted by Crippen LogP contribution is -2.37. The van der Waals surface area contributed by atoms with E-state index in [1.54, 1.807) is 11.3 Å². The van der Waals surface area contributed by atoms with Crippen molar-refractivity contribution < 1.29 is 0 Å². The molecule has 0 unspecified atom stereocenters. The number of aliphatic imine (C=N–C) groups is 1. The van der Waals surface area contributed by atoms with Crippen LogP contribution in [0.2, 0.25) is 0 Å². The normalized spacial score (nSPS) is 11.0. The van der Waals surface area contributed by atoms with Crippen LogP contribution in [0.1, 0.15) is 24.5 Å². The van der Waals surface area contributed by atoms with Gasteiger partial charge < -0.3 is 10.6 Å². The van der Waals surface area contributed by atoms with E-state index in [4.69, 9.17) is 0 Å². The number of guanidine groups is 1. The molecule has 132 valence electrons. The highest BCUT2D eigenvalue weighted by Crippen LogP contribution is 2.20. The fraction of sp³-hybridized carbons (Fsp3) is 0.412.